The Morgan fingerprint density at radius 1 is 1.38 bits per heavy atom. The average molecular weight is 219 g/mol. The molecule has 0 saturated heterocycles. The van der Waals surface area contributed by atoms with Gasteiger partial charge in [0.05, 0.1) is 6.21 Å². The van der Waals surface area contributed by atoms with E-state index in [1.165, 1.54) is 6.21 Å². The topological polar surface area (TPSA) is 47.9 Å². The molecule has 0 aliphatic carbocycles. The van der Waals surface area contributed by atoms with Crippen molar-refractivity contribution in [2.75, 3.05) is 6.61 Å². The summed E-state index contributed by atoms with van der Waals surface area (Å²) in [5.74, 6) is -0.477. The van der Waals surface area contributed by atoms with Crippen molar-refractivity contribution in [3.8, 4) is 0 Å². The number of hydrogen-bond donors (Lipinski definition) is 0. The first kappa shape index (κ1) is 12.0. The monoisotopic (exact) mass is 219 g/mol. The summed E-state index contributed by atoms with van der Waals surface area (Å²) in [4.78, 5) is 15.6. The number of esters is 1. The molecule has 0 aliphatic heterocycles. The predicted molar refractivity (Wildman–Crippen MR) is 60.9 cm³/mol. The van der Waals surface area contributed by atoms with E-state index in [4.69, 9.17) is 4.84 Å². The van der Waals surface area contributed by atoms with Crippen LogP contribution < -0.4 is 0 Å². The number of nitrogens with zero attached hydrogens (tertiary/aromatic N) is 1. The first-order chi connectivity index (χ1) is 7.83. The maximum atomic E-state index is 10.6. The van der Waals surface area contributed by atoms with Crippen LogP contribution >= 0.6 is 0 Å². The molecule has 1 aromatic rings. The zero-order valence-corrected chi connectivity index (χ0v) is 8.83. The fourth-order valence-electron chi connectivity index (χ4n) is 0.947. The lowest BCUT2D eigenvalue weighted by Crippen LogP contribution is -2.02. The summed E-state index contributed by atoms with van der Waals surface area (Å²) >= 11 is 0. The molecule has 0 spiro atoms. The minimum Gasteiger partial charge on any atom is -0.457 e. The lowest BCUT2D eigenvalue weighted by Gasteiger charge is -1.98. The first-order valence-corrected chi connectivity index (χ1v) is 4.80. The third-order valence-corrected chi connectivity index (χ3v) is 1.69. The van der Waals surface area contributed by atoms with Gasteiger partial charge >= 0.3 is 5.97 Å². The normalized spacial score (nSPS) is 10.0. The Bertz CT molecular complexity index is 360. The van der Waals surface area contributed by atoms with Crippen LogP contribution in [-0.2, 0) is 21.0 Å². The second-order valence-corrected chi connectivity index (χ2v) is 2.88. The Balaban J connectivity index is 2.13. The fraction of sp³-hybridized carbons (Fsp3) is 0.167. The molecule has 0 saturated carbocycles. The highest BCUT2D eigenvalue weighted by Gasteiger charge is 1.91. The molecule has 4 heteroatoms. The lowest BCUT2D eigenvalue weighted by molar-refractivity contribution is -0.136. The van der Waals surface area contributed by atoms with E-state index < -0.39 is 5.97 Å². The molecule has 0 aromatic heterocycles. The number of carbonyl (C=O) groups is 1. The SMILES string of the molecule is C=CC(=O)OCC=NOCc1ccccc1. The summed E-state index contributed by atoms with van der Waals surface area (Å²) in [5.41, 5.74) is 1.03. The van der Waals surface area contributed by atoms with Crippen LogP contribution in [0.15, 0.2) is 48.1 Å². The van der Waals surface area contributed by atoms with Gasteiger partial charge in [-0.15, -0.1) is 0 Å². The molecule has 4 nitrogen and oxygen atoms in total. The van der Waals surface area contributed by atoms with E-state index in [2.05, 4.69) is 16.5 Å². The predicted octanol–water partition coefficient (Wildman–Crippen LogP) is 1.92. The van der Waals surface area contributed by atoms with Gasteiger partial charge in [0.25, 0.3) is 0 Å². The van der Waals surface area contributed by atoms with Crippen molar-refractivity contribution in [3.63, 3.8) is 0 Å². The van der Waals surface area contributed by atoms with Gasteiger partial charge in [0.2, 0.25) is 0 Å². The quantitative estimate of drug-likeness (QED) is 0.318. The van der Waals surface area contributed by atoms with Crippen molar-refractivity contribution in [2.24, 2.45) is 5.16 Å². The molecule has 0 N–H and O–H groups in total. The minimum absolute atomic E-state index is 0.0830. The number of hydrogen-bond acceptors (Lipinski definition) is 4. The molecule has 1 aromatic carbocycles. The molecule has 0 amide bonds. The molecule has 0 radical (unpaired) electrons. The summed E-state index contributed by atoms with van der Waals surface area (Å²) in [6.07, 6.45) is 2.48. The molecular weight excluding hydrogens is 206 g/mol. The lowest BCUT2D eigenvalue weighted by atomic mass is 10.2. The third kappa shape index (κ3) is 4.95. The highest BCUT2D eigenvalue weighted by molar-refractivity contribution is 5.82. The number of rotatable bonds is 6. The zero-order valence-electron chi connectivity index (χ0n) is 8.83. The van der Waals surface area contributed by atoms with Gasteiger partial charge in [0.1, 0.15) is 13.2 Å². The van der Waals surface area contributed by atoms with Crippen LogP contribution in [0.4, 0.5) is 0 Å². The Kier molecular flexibility index (Phi) is 5.41. The van der Waals surface area contributed by atoms with Crippen LogP contribution in [0.2, 0.25) is 0 Å². The molecular formula is C12H13NO3. The standard InChI is InChI=1S/C12H13NO3/c1-2-12(14)15-9-8-13-16-10-11-6-4-3-5-7-11/h2-8H,1,9-10H2. The second-order valence-electron chi connectivity index (χ2n) is 2.88. The Morgan fingerprint density at radius 2 is 2.12 bits per heavy atom. The Morgan fingerprint density at radius 3 is 2.81 bits per heavy atom. The molecule has 0 unspecified atom stereocenters. The molecule has 0 heterocycles. The van der Waals surface area contributed by atoms with Gasteiger partial charge in [-0.3, -0.25) is 0 Å². The van der Waals surface area contributed by atoms with Gasteiger partial charge in [0.15, 0.2) is 0 Å². The Labute approximate surface area is 94.2 Å². The largest absolute Gasteiger partial charge is 0.457 e. The number of benzene rings is 1. The van der Waals surface area contributed by atoms with Gasteiger partial charge in [-0.2, -0.15) is 0 Å². The molecule has 84 valence electrons. The summed E-state index contributed by atoms with van der Waals surface area (Å²) in [6.45, 7) is 3.74. The van der Waals surface area contributed by atoms with Crippen molar-refractivity contribution in [3.05, 3.63) is 48.6 Å². The van der Waals surface area contributed by atoms with Crippen molar-refractivity contribution >= 4 is 12.2 Å². The van der Waals surface area contributed by atoms with Crippen molar-refractivity contribution in [2.45, 2.75) is 6.61 Å². The van der Waals surface area contributed by atoms with Gasteiger partial charge in [-0.25, -0.2) is 4.79 Å². The summed E-state index contributed by atoms with van der Waals surface area (Å²) in [5, 5.41) is 3.64. The van der Waals surface area contributed by atoms with Crippen molar-refractivity contribution in [1.82, 2.24) is 0 Å². The summed E-state index contributed by atoms with van der Waals surface area (Å²) in [6, 6.07) is 9.66. The first-order valence-electron chi connectivity index (χ1n) is 4.80. The van der Waals surface area contributed by atoms with Crippen molar-refractivity contribution in [1.29, 1.82) is 0 Å². The number of carbonyl (C=O) groups excluding carboxylic acids is 1. The number of oxime groups is 1. The average Bonchev–Trinajstić information content (AvgIpc) is 2.34. The zero-order chi connectivity index (χ0) is 11.6. The van der Waals surface area contributed by atoms with Crippen LogP contribution in [0.3, 0.4) is 0 Å². The van der Waals surface area contributed by atoms with Crippen LogP contribution in [-0.4, -0.2) is 18.8 Å². The minimum atomic E-state index is -0.477. The van der Waals surface area contributed by atoms with Crippen LogP contribution in [0.25, 0.3) is 0 Å². The summed E-state index contributed by atoms with van der Waals surface area (Å²) < 4.78 is 4.66. The van der Waals surface area contributed by atoms with E-state index in [1.807, 2.05) is 30.3 Å². The Hall–Kier alpha value is -2.10. The van der Waals surface area contributed by atoms with E-state index in [-0.39, 0.29) is 6.61 Å². The van der Waals surface area contributed by atoms with E-state index in [9.17, 15) is 4.79 Å². The second kappa shape index (κ2) is 7.23. The van der Waals surface area contributed by atoms with Gasteiger partial charge in [0, 0.05) is 6.08 Å². The van der Waals surface area contributed by atoms with E-state index >= 15 is 0 Å². The third-order valence-electron chi connectivity index (χ3n) is 1.69. The van der Waals surface area contributed by atoms with Gasteiger partial charge < -0.3 is 9.57 Å². The highest BCUT2D eigenvalue weighted by Crippen LogP contribution is 1.99. The fourth-order valence-corrected chi connectivity index (χ4v) is 0.947. The van der Waals surface area contributed by atoms with E-state index in [0.717, 1.165) is 11.6 Å². The maximum absolute atomic E-state index is 10.6. The smallest absolute Gasteiger partial charge is 0.330 e. The van der Waals surface area contributed by atoms with E-state index in [0.29, 0.717) is 6.61 Å². The molecule has 0 fully saturated rings. The van der Waals surface area contributed by atoms with Crippen LogP contribution in [0.1, 0.15) is 5.56 Å². The number of ether oxygens (including phenoxy) is 1. The van der Waals surface area contributed by atoms with E-state index in [1.54, 1.807) is 0 Å². The molecule has 16 heavy (non-hydrogen) atoms. The highest BCUT2D eigenvalue weighted by atomic mass is 16.6. The summed E-state index contributed by atoms with van der Waals surface area (Å²) in [7, 11) is 0. The van der Waals surface area contributed by atoms with Crippen LogP contribution in [0, 0.1) is 0 Å². The molecule has 0 atom stereocenters. The van der Waals surface area contributed by atoms with Crippen LogP contribution in [0.5, 0.6) is 0 Å². The molecule has 1 rings (SSSR count). The maximum Gasteiger partial charge on any atom is 0.330 e. The van der Waals surface area contributed by atoms with Crippen molar-refractivity contribution < 1.29 is 14.4 Å². The van der Waals surface area contributed by atoms with Gasteiger partial charge in [-0.1, -0.05) is 42.1 Å². The molecule has 0 aliphatic rings. The molecule has 0 bridgehead atoms. The van der Waals surface area contributed by atoms with Gasteiger partial charge in [-0.05, 0) is 5.56 Å².